The number of unbranched alkanes of at least 4 members (excludes halogenated alkanes) is 19. The molecule has 34 heavy (non-hydrogen) atoms. The van der Waals surface area contributed by atoms with E-state index >= 15 is 0 Å². The molecule has 0 heterocycles. The zero-order valence-electron chi connectivity index (χ0n) is 24.7. The second-order valence-electron chi connectivity index (χ2n) is 11.8. The predicted octanol–water partition coefficient (Wildman–Crippen LogP) is 11.9. The van der Waals surface area contributed by atoms with Crippen LogP contribution in [0.1, 0.15) is 201 Å². The maximum atomic E-state index is 6.77. The highest BCUT2D eigenvalue weighted by atomic mass is 14.7. The Hall–Kier alpha value is -0.0400. The van der Waals surface area contributed by atoms with Crippen molar-refractivity contribution in [2.24, 2.45) is 11.7 Å². The van der Waals surface area contributed by atoms with Crippen molar-refractivity contribution in [2.75, 3.05) is 0 Å². The Bertz CT molecular complexity index is 371. The van der Waals surface area contributed by atoms with Crippen molar-refractivity contribution in [3.05, 3.63) is 0 Å². The van der Waals surface area contributed by atoms with E-state index in [0.29, 0.717) is 0 Å². The quantitative estimate of drug-likeness (QED) is 0.111. The summed E-state index contributed by atoms with van der Waals surface area (Å²) in [4.78, 5) is 0. The van der Waals surface area contributed by atoms with E-state index < -0.39 is 0 Å². The van der Waals surface area contributed by atoms with Gasteiger partial charge in [0.25, 0.3) is 0 Å². The molecule has 0 aromatic carbocycles. The molecule has 0 saturated carbocycles. The van der Waals surface area contributed by atoms with Crippen molar-refractivity contribution in [2.45, 2.75) is 207 Å². The van der Waals surface area contributed by atoms with E-state index in [2.05, 4.69) is 27.7 Å². The lowest BCUT2D eigenvalue weighted by molar-refractivity contribution is 0.257. The minimum Gasteiger partial charge on any atom is -0.325 e. The van der Waals surface area contributed by atoms with Gasteiger partial charge >= 0.3 is 0 Å². The Kier molecular flexibility index (Phi) is 26.0. The van der Waals surface area contributed by atoms with E-state index in [-0.39, 0.29) is 5.54 Å². The summed E-state index contributed by atoms with van der Waals surface area (Å²) in [6, 6.07) is 0. The third-order valence-electron chi connectivity index (χ3n) is 8.23. The van der Waals surface area contributed by atoms with Gasteiger partial charge in [0.05, 0.1) is 0 Å². The lowest BCUT2D eigenvalue weighted by Gasteiger charge is -2.33. The molecule has 0 aliphatic carbocycles. The fourth-order valence-electron chi connectivity index (χ4n) is 6.04. The van der Waals surface area contributed by atoms with Gasteiger partial charge in [0.15, 0.2) is 0 Å². The minimum absolute atomic E-state index is 0.109. The van der Waals surface area contributed by atoms with E-state index in [9.17, 15) is 0 Å². The average molecular weight is 480 g/mol. The summed E-state index contributed by atoms with van der Waals surface area (Å²) < 4.78 is 0. The summed E-state index contributed by atoms with van der Waals surface area (Å²) in [6.45, 7) is 9.26. The van der Waals surface area contributed by atoms with Crippen LogP contribution in [-0.2, 0) is 0 Å². The Balaban J connectivity index is 3.41. The molecule has 1 atom stereocenters. The van der Waals surface area contributed by atoms with Crippen LogP contribution in [-0.4, -0.2) is 5.54 Å². The molecular formula is C33H69N. The van der Waals surface area contributed by atoms with Gasteiger partial charge < -0.3 is 5.73 Å². The third kappa shape index (κ3) is 22.4. The second kappa shape index (κ2) is 26.0. The zero-order valence-corrected chi connectivity index (χ0v) is 24.7. The largest absolute Gasteiger partial charge is 0.325 e. The molecule has 0 aromatic heterocycles. The predicted molar refractivity (Wildman–Crippen MR) is 158 cm³/mol. The number of nitrogens with two attached hydrogens (primary N) is 1. The molecule has 1 nitrogen and oxygen atoms in total. The molecule has 0 saturated heterocycles. The normalized spacial score (nSPS) is 13.0. The van der Waals surface area contributed by atoms with E-state index in [0.717, 1.165) is 5.92 Å². The van der Waals surface area contributed by atoms with Crippen LogP contribution in [0.2, 0.25) is 0 Å². The van der Waals surface area contributed by atoms with Crippen LogP contribution >= 0.6 is 0 Å². The highest BCUT2D eigenvalue weighted by molar-refractivity contribution is 4.85. The summed E-state index contributed by atoms with van der Waals surface area (Å²) in [5.41, 5.74) is 6.88. The highest BCUT2D eigenvalue weighted by Gasteiger charge is 2.26. The van der Waals surface area contributed by atoms with Gasteiger partial charge in [-0.3, -0.25) is 0 Å². The van der Waals surface area contributed by atoms with E-state index in [4.69, 9.17) is 5.73 Å². The molecule has 0 radical (unpaired) electrons. The van der Waals surface area contributed by atoms with Crippen LogP contribution in [0.4, 0.5) is 0 Å². The van der Waals surface area contributed by atoms with Gasteiger partial charge in [-0.15, -0.1) is 0 Å². The van der Waals surface area contributed by atoms with Gasteiger partial charge in [-0.05, 0) is 25.2 Å². The van der Waals surface area contributed by atoms with Crippen LogP contribution in [0.15, 0.2) is 0 Å². The summed E-state index contributed by atoms with van der Waals surface area (Å²) in [7, 11) is 0. The maximum Gasteiger partial charge on any atom is 0.0156 e. The average Bonchev–Trinajstić information content (AvgIpc) is 2.82. The molecule has 0 rings (SSSR count). The van der Waals surface area contributed by atoms with Crippen molar-refractivity contribution in [1.29, 1.82) is 0 Å². The fraction of sp³-hybridized carbons (Fsp3) is 1.00. The van der Waals surface area contributed by atoms with Gasteiger partial charge in [-0.25, -0.2) is 0 Å². The van der Waals surface area contributed by atoms with Crippen LogP contribution in [0.3, 0.4) is 0 Å². The summed E-state index contributed by atoms with van der Waals surface area (Å²) >= 11 is 0. The van der Waals surface area contributed by atoms with Crippen molar-refractivity contribution >= 4 is 0 Å². The van der Waals surface area contributed by atoms with Crippen molar-refractivity contribution < 1.29 is 0 Å². The number of hydrogen-bond donors (Lipinski definition) is 1. The molecule has 0 spiro atoms. The molecule has 2 N–H and O–H groups in total. The Morgan fingerprint density at radius 3 is 1.06 bits per heavy atom. The maximum absolute atomic E-state index is 6.77. The highest BCUT2D eigenvalue weighted by Crippen LogP contribution is 2.29. The van der Waals surface area contributed by atoms with Crippen molar-refractivity contribution in [3.8, 4) is 0 Å². The van der Waals surface area contributed by atoms with E-state index in [1.807, 2.05) is 0 Å². The summed E-state index contributed by atoms with van der Waals surface area (Å²) in [5.74, 6) is 0.846. The Morgan fingerprint density at radius 1 is 0.441 bits per heavy atom. The monoisotopic (exact) mass is 480 g/mol. The number of hydrogen-bond acceptors (Lipinski definition) is 1. The first kappa shape index (κ1) is 34.0. The molecule has 0 aliphatic rings. The topological polar surface area (TPSA) is 26.0 Å². The van der Waals surface area contributed by atoms with Crippen LogP contribution in [0, 0.1) is 5.92 Å². The molecule has 0 amide bonds. The minimum atomic E-state index is 0.109. The Morgan fingerprint density at radius 2 is 0.765 bits per heavy atom. The lowest BCUT2D eigenvalue weighted by Crippen LogP contribution is -2.41. The van der Waals surface area contributed by atoms with Crippen LogP contribution in [0.5, 0.6) is 0 Å². The molecule has 0 aliphatic heterocycles. The Labute approximate surface area is 218 Å². The van der Waals surface area contributed by atoms with E-state index in [1.54, 1.807) is 0 Å². The molecule has 0 aromatic rings. The van der Waals surface area contributed by atoms with Gasteiger partial charge in [0, 0.05) is 5.54 Å². The smallest absolute Gasteiger partial charge is 0.0156 e. The van der Waals surface area contributed by atoms with Gasteiger partial charge in [-0.2, -0.15) is 0 Å². The molecular weight excluding hydrogens is 410 g/mol. The summed E-state index contributed by atoms with van der Waals surface area (Å²) in [5, 5.41) is 0. The SMILES string of the molecule is CCCCCCCCCCCCCCCCCCCCCCC(CC)CC(N)(CCC)CCC. The molecule has 1 unspecified atom stereocenters. The molecule has 0 bridgehead atoms. The first-order valence-electron chi connectivity index (χ1n) is 16.4. The van der Waals surface area contributed by atoms with Crippen molar-refractivity contribution in [3.63, 3.8) is 0 Å². The summed E-state index contributed by atoms with van der Waals surface area (Å²) in [6.07, 6.45) is 38.1. The second-order valence-corrected chi connectivity index (χ2v) is 11.8. The number of rotatable bonds is 28. The van der Waals surface area contributed by atoms with Crippen LogP contribution in [0.25, 0.3) is 0 Å². The molecule has 0 fully saturated rings. The standard InChI is InChI=1S/C33H69N/c1-5-9-10-11-12-13-14-15-16-17-18-19-20-21-22-23-24-25-26-27-28-32(8-4)31-33(34,29-6-2)30-7-3/h32H,5-31,34H2,1-4H3. The van der Waals surface area contributed by atoms with Gasteiger partial charge in [0.1, 0.15) is 0 Å². The van der Waals surface area contributed by atoms with Crippen molar-refractivity contribution in [1.82, 2.24) is 0 Å². The van der Waals surface area contributed by atoms with Gasteiger partial charge in [-0.1, -0.05) is 182 Å². The third-order valence-corrected chi connectivity index (χ3v) is 8.23. The first-order chi connectivity index (χ1) is 16.6. The fourth-order valence-corrected chi connectivity index (χ4v) is 6.04. The molecule has 206 valence electrons. The zero-order chi connectivity index (χ0) is 25.2. The first-order valence-corrected chi connectivity index (χ1v) is 16.4. The van der Waals surface area contributed by atoms with E-state index in [1.165, 1.54) is 173 Å². The van der Waals surface area contributed by atoms with Crippen LogP contribution < -0.4 is 5.73 Å². The lowest BCUT2D eigenvalue weighted by atomic mass is 9.79. The van der Waals surface area contributed by atoms with Gasteiger partial charge in [0.2, 0.25) is 0 Å². The molecule has 1 heteroatoms.